The molecule has 8 nitrogen and oxygen atoms in total. The number of likely N-dealkylation sites (N-methyl/N-ethyl adjacent to an activating group) is 1. The zero-order valence-corrected chi connectivity index (χ0v) is 21.6. The lowest BCUT2D eigenvalue weighted by Crippen LogP contribution is -2.47. The summed E-state index contributed by atoms with van der Waals surface area (Å²) in [5, 5.41) is 0.399. The molecule has 36 heavy (non-hydrogen) atoms. The van der Waals surface area contributed by atoms with Gasteiger partial charge in [0.15, 0.2) is 0 Å². The van der Waals surface area contributed by atoms with Crippen LogP contribution in [0.15, 0.2) is 60.0 Å². The van der Waals surface area contributed by atoms with Gasteiger partial charge >= 0.3 is 26.2 Å². The lowest BCUT2D eigenvalue weighted by molar-refractivity contribution is -0.145. The van der Waals surface area contributed by atoms with Crippen LogP contribution in [0, 0.1) is 0 Å². The Morgan fingerprint density at radius 2 is 1.31 bits per heavy atom. The van der Waals surface area contributed by atoms with Gasteiger partial charge in [0.1, 0.15) is 5.75 Å². The average molecular weight is 491 g/mol. The Morgan fingerprint density at radius 3 is 1.81 bits per heavy atom. The first-order valence-electron chi connectivity index (χ1n) is 11.9. The van der Waals surface area contributed by atoms with E-state index in [4.69, 9.17) is 23.4 Å². The van der Waals surface area contributed by atoms with E-state index in [0.717, 1.165) is 11.1 Å². The second-order valence-corrected chi connectivity index (χ2v) is 10.00. The van der Waals surface area contributed by atoms with Crippen LogP contribution in [0.5, 0.6) is 5.75 Å². The predicted octanol–water partition coefficient (Wildman–Crippen LogP) is 3.19. The van der Waals surface area contributed by atoms with E-state index in [-0.39, 0.29) is 13.1 Å². The lowest BCUT2D eigenvalue weighted by Gasteiger charge is -2.32. The molecule has 2 heterocycles. The minimum Gasteiger partial charge on any atom is -0.497 e. The number of hydrogen-bond donors (Lipinski definition) is 0. The van der Waals surface area contributed by atoms with Gasteiger partial charge in [-0.05, 0) is 63.6 Å². The van der Waals surface area contributed by atoms with Gasteiger partial charge in [0, 0.05) is 5.37 Å². The summed E-state index contributed by atoms with van der Waals surface area (Å²) < 4.78 is 29.7. The molecule has 0 aromatic heterocycles. The molecule has 2 aromatic carbocycles. The zero-order valence-electron chi connectivity index (χ0n) is 21.6. The van der Waals surface area contributed by atoms with Crippen molar-refractivity contribution in [3.8, 4) is 5.75 Å². The van der Waals surface area contributed by atoms with E-state index in [1.807, 2.05) is 82.3 Å². The zero-order chi connectivity index (χ0) is 26.1. The van der Waals surface area contributed by atoms with Crippen LogP contribution in [0.1, 0.15) is 38.8 Å². The van der Waals surface area contributed by atoms with E-state index < -0.39 is 37.4 Å². The van der Waals surface area contributed by atoms with Crippen molar-refractivity contribution in [1.82, 2.24) is 4.90 Å². The topological polar surface area (TPSA) is 83.5 Å². The van der Waals surface area contributed by atoms with Crippen LogP contribution >= 0.6 is 0 Å². The van der Waals surface area contributed by atoms with Crippen LogP contribution in [0.25, 0.3) is 5.57 Å². The molecular formula is C26H31B2NO7. The third-order valence-electron chi connectivity index (χ3n) is 6.77. The van der Waals surface area contributed by atoms with E-state index in [9.17, 15) is 9.59 Å². The van der Waals surface area contributed by atoms with Gasteiger partial charge in [0.2, 0.25) is 0 Å². The maximum absolute atomic E-state index is 12.7. The number of nitrogens with zero attached hydrogens (tertiary/aromatic N) is 1. The molecule has 2 aliphatic rings. The molecular weight excluding hydrogens is 460 g/mol. The van der Waals surface area contributed by atoms with Crippen molar-refractivity contribution < 1.29 is 32.9 Å². The van der Waals surface area contributed by atoms with Crippen LogP contribution in [0.2, 0.25) is 0 Å². The summed E-state index contributed by atoms with van der Waals surface area (Å²) in [4.78, 5) is 27.0. The van der Waals surface area contributed by atoms with Crippen molar-refractivity contribution in [2.24, 2.45) is 0 Å². The average Bonchev–Trinajstić information content (AvgIpc) is 3.02. The van der Waals surface area contributed by atoms with Crippen molar-refractivity contribution in [2.75, 3.05) is 27.2 Å². The van der Waals surface area contributed by atoms with Crippen molar-refractivity contribution in [3.05, 3.63) is 71.1 Å². The fourth-order valence-corrected chi connectivity index (χ4v) is 4.14. The Balaban J connectivity index is 1.96. The maximum Gasteiger partial charge on any atom is 0.628 e. The van der Waals surface area contributed by atoms with E-state index in [2.05, 4.69) is 0 Å². The Morgan fingerprint density at radius 1 is 0.806 bits per heavy atom. The van der Waals surface area contributed by atoms with Crippen molar-refractivity contribution in [3.63, 3.8) is 0 Å². The molecule has 0 aliphatic carbocycles. The highest BCUT2D eigenvalue weighted by Gasteiger charge is 2.57. The van der Waals surface area contributed by atoms with Crippen LogP contribution in [-0.4, -0.2) is 69.5 Å². The Labute approximate surface area is 212 Å². The van der Waals surface area contributed by atoms with Gasteiger partial charge in [-0.1, -0.05) is 42.5 Å². The molecule has 0 unspecified atom stereocenters. The Hall–Kier alpha value is -3.07. The number of ether oxygens (including phenoxy) is 1. The molecule has 2 aromatic rings. The van der Waals surface area contributed by atoms with Gasteiger partial charge in [-0.25, -0.2) is 0 Å². The molecule has 0 saturated carbocycles. The summed E-state index contributed by atoms with van der Waals surface area (Å²) in [5.41, 5.74) is 0.925. The number of methoxy groups -OCH3 is 1. The summed E-state index contributed by atoms with van der Waals surface area (Å²) in [7, 11) is 0.963. The van der Waals surface area contributed by atoms with E-state index in [0.29, 0.717) is 16.7 Å². The molecule has 2 fully saturated rings. The summed E-state index contributed by atoms with van der Waals surface area (Å²) >= 11 is 0. The largest absolute Gasteiger partial charge is 0.628 e. The third-order valence-corrected chi connectivity index (χ3v) is 6.77. The molecule has 2 aliphatic heterocycles. The van der Waals surface area contributed by atoms with E-state index >= 15 is 0 Å². The highest BCUT2D eigenvalue weighted by atomic mass is 16.7. The maximum atomic E-state index is 12.7. The number of hydrogen-bond acceptors (Lipinski definition) is 8. The van der Waals surface area contributed by atoms with Gasteiger partial charge in [0.05, 0.1) is 31.4 Å². The first kappa shape index (κ1) is 26.0. The highest BCUT2D eigenvalue weighted by molar-refractivity contribution is 6.81. The second kappa shape index (κ2) is 10.1. The Bertz CT molecular complexity index is 1110. The molecule has 10 heteroatoms. The smallest absolute Gasteiger partial charge is 0.497 e. The monoisotopic (exact) mass is 491 g/mol. The van der Waals surface area contributed by atoms with Gasteiger partial charge in [0.25, 0.3) is 0 Å². The SMILES string of the molecule is COc1ccc(/C(=C(/B2OC(=O)CN(C)CC(=O)O2)B2OC(C)(C)C(C)(C)O2)c2ccccc2)cc1. The molecule has 188 valence electrons. The van der Waals surface area contributed by atoms with Crippen LogP contribution < -0.4 is 4.74 Å². The summed E-state index contributed by atoms with van der Waals surface area (Å²) in [6, 6.07) is 17.1. The van der Waals surface area contributed by atoms with Crippen LogP contribution in [0.3, 0.4) is 0 Å². The first-order chi connectivity index (χ1) is 17.0. The molecule has 0 N–H and O–H groups in total. The highest BCUT2D eigenvalue weighted by Crippen LogP contribution is 2.42. The molecule has 0 amide bonds. The fourth-order valence-electron chi connectivity index (χ4n) is 4.14. The number of carbonyl (C=O) groups is 2. The third kappa shape index (κ3) is 5.36. The van der Waals surface area contributed by atoms with Gasteiger partial charge < -0.3 is 23.4 Å². The normalized spacial score (nSPS) is 20.7. The molecule has 0 radical (unpaired) electrons. The Kier molecular flexibility index (Phi) is 7.31. The van der Waals surface area contributed by atoms with E-state index in [1.165, 1.54) is 0 Å². The summed E-state index contributed by atoms with van der Waals surface area (Å²) in [5.74, 6) is -0.354. The molecule has 0 spiro atoms. The van der Waals surface area contributed by atoms with Gasteiger partial charge in [-0.15, -0.1) is 0 Å². The van der Waals surface area contributed by atoms with Gasteiger partial charge in [-0.3, -0.25) is 14.5 Å². The van der Waals surface area contributed by atoms with Crippen molar-refractivity contribution in [2.45, 2.75) is 38.9 Å². The predicted molar refractivity (Wildman–Crippen MR) is 137 cm³/mol. The summed E-state index contributed by atoms with van der Waals surface area (Å²) in [6.45, 7) is 7.64. The molecule has 4 rings (SSSR count). The number of rotatable bonds is 5. The summed E-state index contributed by atoms with van der Waals surface area (Å²) in [6.07, 6.45) is 0. The first-order valence-corrected chi connectivity index (χ1v) is 11.9. The minimum absolute atomic E-state index is 0.0501. The number of carbonyl (C=O) groups excluding carboxylic acids is 2. The standard InChI is InChI=1S/C26H31B2NO7/c1-25(2)26(3,4)36-28(35-25)24(27-33-21(30)16-29(5)17-22(31)34-27)23(18-10-8-7-9-11-18)19-12-14-20(32-6)15-13-19/h7-15H,16-17H2,1-6H3/b24-23-. The molecule has 0 atom stereocenters. The fraction of sp³-hybridized carbons (Fsp3) is 0.385. The number of benzene rings is 2. The molecule has 2 saturated heterocycles. The molecule has 0 bridgehead atoms. The van der Waals surface area contributed by atoms with Gasteiger partial charge in [-0.2, -0.15) is 0 Å². The lowest BCUT2D eigenvalue weighted by atomic mass is 9.54. The van der Waals surface area contributed by atoms with Crippen LogP contribution in [-0.2, 0) is 28.2 Å². The second-order valence-electron chi connectivity index (χ2n) is 10.00. The van der Waals surface area contributed by atoms with Crippen LogP contribution in [0.4, 0.5) is 0 Å². The quantitative estimate of drug-likeness (QED) is 0.591. The van der Waals surface area contributed by atoms with Crippen molar-refractivity contribution in [1.29, 1.82) is 0 Å². The van der Waals surface area contributed by atoms with E-state index in [1.54, 1.807) is 19.1 Å². The van der Waals surface area contributed by atoms with Crippen molar-refractivity contribution >= 4 is 31.7 Å². The minimum atomic E-state index is -1.34.